The van der Waals surface area contributed by atoms with E-state index in [1.165, 1.54) is 4.90 Å². The first-order chi connectivity index (χ1) is 14.1. The molecule has 0 bridgehead atoms. The van der Waals surface area contributed by atoms with Gasteiger partial charge in [0.05, 0.1) is 6.54 Å². The van der Waals surface area contributed by atoms with E-state index in [1.807, 2.05) is 12.1 Å². The van der Waals surface area contributed by atoms with Crippen molar-refractivity contribution >= 4 is 17.9 Å². The quantitative estimate of drug-likeness (QED) is 0.834. The number of carbonyl (C=O) groups is 3. The predicted octanol–water partition coefficient (Wildman–Crippen LogP) is 1.95. The summed E-state index contributed by atoms with van der Waals surface area (Å²) >= 11 is 0. The fourth-order valence-electron chi connectivity index (χ4n) is 5.04. The molecule has 8 nitrogen and oxygen atoms in total. The highest BCUT2D eigenvalue weighted by Gasteiger charge is 2.51. The second kappa shape index (κ2) is 8.39. The monoisotopic (exact) mass is 400 g/mol. The Bertz CT molecular complexity index is 765. The number of fused-ring (bicyclic) bond motifs is 1. The third-order valence-electron chi connectivity index (χ3n) is 6.52. The highest BCUT2D eigenvalue weighted by atomic mass is 16.4. The zero-order valence-electron chi connectivity index (χ0n) is 16.6. The molecule has 1 N–H and O–H groups in total. The molecule has 1 aliphatic carbocycles. The van der Waals surface area contributed by atoms with Crippen LogP contribution in [-0.2, 0) is 16.0 Å². The molecule has 0 unspecified atom stereocenters. The highest BCUT2D eigenvalue weighted by molar-refractivity contribution is 5.90. The smallest absolute Gasteiger partial charge is 0.409 e. The predicted molar refractivity (Wildman–Crippen MR) is 105 cm³/mol. The van der Waals surface area contributed by atoms with Crippen molar-refractivity contribution in [1.29, 1.82) is 0 Å². The van der Waals surface area contributed by atoms with Crippen LogP contribution in [0.3, 0.4) is 0 Å². The fraction of sp³-hybridized carbons (Fsp3) is 0.619. The molecule has 1 aromatic rings. The summed E-state index contributed by atoms with van der Waals surface area (Å²) in [6.07, 6.45) is 7.77. The lowest BCUT2D eigenvalue weighted by molar-refractivity contribution is -0.171. The number of aromatic nitrogens is 1. The van der Waals surface area contributed by atoms with Gasteiger partial charge in [-0.05, 0) is 36.8 Å². The molecule has 156 valence electrons. The molecule has 2 saturated heterocycles. The van der Waals surface area contributed by atoms with E-state index in [9.17, 15) is 19.5 Å². The van der Waals surface area contributed by atoms with Gasteiger partial charge in [0.1, 0.15) is 12.2 Å². The molecule has 29 heavy (non-hydrogen) atoms. The Morgan fingerprint density at radius 1 is 1.21 bits per heavy atom. The van der Waals surface area contributed by atoms with Crippen LogP contribution in [0.2, 0.25) is 0 Å². The van der Waals surface area contributed by atoms with Crippen LogP contribution in [0, 0.1) is 5.92 Å². The van der Waals surface area contributed by atoms with Gasteiger partial charge in [-0.15, -0.1) is 0 Å². The van der Waals surface area contributed by atoms with Crippen molar-refractivity contribution < 1.29 is 19.5 Å². The van der Waals surface area contributed by atoms with Crippen LogP contribution in [0.25, 0.3) is 0 Å². The van der Waals surface area contributed by atoms with E-state index >= 15 is 0 Å². The number of hydrogen-bond donors (Lipinski definition) is 1. The number of pyridine rings is 1. The second-order valence-electron chi connectivity index (χ2n) is 8.25. The molecule has 4 rings (SSSR count). The van der Waals surface area contributed by atoms with E-state index < -0.39 is 18.3 Å². The van der Waals surface area contributed by atoms with Gasteiger partial charge in [0.2, 0.25) is 11.8 Å². The lowest BCUT2D eigenvalue weighted by atomic mass is 9.81. The molecule has 8 heteroatoms. The number of carbonyl (C=O) groups excluding carboxylic acids is 2. The Balaban J connectivity index is 1.60. The molecule has 3 amide bonds. The number of piperazine rings is 1. The van der Waals surface area contributed by atoms with Crippen LogP contribution in [0.5, 0.6) is 0 Å². The Hall–Kier alpha value is -2.64. The lowest BCUT2D eigenvalue weighted by Crippen LogP contribution is -2.72. The molecule has 0 spiro atoms. The Kier molecular flexibility index (Phi) is 5.69. The Morgan fingerprint density at radius 2 is 2.00 bits per heavy atom. The molecule has 0 radical (unpaired) electrons. The summed E-state index contributed by atoms with van der Waals surface area (Å²) in [6, 6.07) is 3.30. The van der Waals surface area contributed by atoms with Gasteiger partial charge in [0.15, 0.2) is 0 Å². The van der Waals surface area contributed by atoms with Crippen molar-refractivity contribution in [2.75, 3.05) is 19.6 Å². The third kappa shape index (κ3) is 3.93. The van der Waals surface area contributed by atoms with Gasteiger partial charge in [-0.2, -0.15) is 0 Å². The van der Waals surface area contributed by atoms with Crippen molar-refractivity contribution in [1.82, 2.24) is 19.7 Å². The maximum atomic E-state index is 13.5. The minimum absolute atomic E-state index is 0.0300. The summed E-state index contributed by atoms with van der Waals surface area (Å²) < 4.78 is 0. The molecular formula is C21H28N4O4. The van der Waals surface area contributed by atoms with Crippen molar-refractivity contribution in [2.24, 2.45) is 5.92 Å². The first kappa shape index (κ1) is 19.7. The second-order valence-corrected chi connectivity index (χ2v) is 8.25. The number of carboxylic acid groups (broad SMARTS) is 1. The van der Waals surface area contributed by atoms with E-state index in [0.29, 0.717) is 13.0 Å². The van der Waals surface area contributed by atoms with Crippen LogP contribution in [0.15, 0.2) is 24.5 Å². The van der Waals surface area contributed by atoms with Crippen LogP contribution < -0.4 is 0 Å². The third-order valence-corrected chi connectivity index (χ3v) is 6.52. The maximum Gasteiger partial charge on any atom is 0.409 e. The molecular weight excluding hydrogens is 372 g/mol. The topological polar surface area (TPSA) is 94.0 Å². The largest absolute Gasteiger partial charge is 0.465 e. The average molecular weight is 400 g/mol. The van der Waals surface area contributed by atoms with Gasteiger partial charge < -0.3 is 14.9 Å². The molecule has 3 aliphatic rings. The van der Waals surface area contributed by atoms with Crippen LogP contribution in [-0.4, -0.2) is 74.5 Å². The Morgan fingerprint density at radius 3 is 2.69 bits per heavy atom. The summed E-state index contributed by atoms with van der Waals surface area (Å²) in [5, 5.41) is 9.70. The zero-order valence-corrected chi connectivity index (χ0v) is 16.6. The number of hydrogen-bond acceptors (Lipinski definition) is 4. The average Bonchev–Trinajstić information content (AvgIpc) is 2.74. The number of rotatable bonds is 4. The van der Waals surface area contributed by atoms with Gasteiger partial charge in [0, 0.05) is 31.9 Å². The normalized spacial score (nSPS) is 25.9. The summed E-state index contributed by atoms with van der Waals surface area (Å²) in [5.74, 6) is -0.0152. The van der Waals surface area contributed by atoms with E-state index in [4.69, 9.17) is 0 Å². The fourth-order valence-corrected chi connectivity index (χ4v) is 5.04. The van der Waals surface area contributed by atoms with Crippen LogP contribution >= 0.6 is 0 Å². The molecule has 2 aliphatic heterocycles. The maximum absolute atomic E-state index is 13.5. The molecule has 1 saturated carbocycles. The first-order valence-corrected chi connectivity index (χ1v) is 10.5. The standard InChI is InChI=1S/C21H28N4O4/c26-18-9-12-24(21(28)29)17-14-23(11-8-15-5-4-10-22-13-15)20(27)19(25(17)18)16-6-2-1-3-7-16/h4-5,10,13,16-17,19H,1-3,6-9,11-12,14H2,(H,28,29)/t17-,19+/m1/s1. The number of nitrogens with zero attached hydrogens (tertiary/aromatic N) is 4. The number of amides is 3. The zero-order chi connectivity index (χ0) is 20.4. The summed E-state index contributed by atoms with van der Waals surface area (Å²) in [5.41, 5.74) is 1.03. The van der Waals surface area contributed by atoms with Crippen LogP contribution in [0.4, 0.5) is 4.79 Å². The first-order valence-electron chi connectivity index (χ1n) is 10.5. The van der Waals surface area contributed by atoms with E-state index in [-0.39, 0.29) is 37.2 Å². The van der Waals surface area contributed by atoms with Crippen molar-refractivity contribution in [3.8, 4) is 0 Å². The molecule has 3 heterocycles. The summed E-state index contributed by atoms with van der Waals surface area (Å²) in [4.78, 5) is 47.0. The molecule has 2 atom stereocenters. The van der Waals surface area contributed by atoms with Crippen LogP contribution in [0.1, 0.15) is 44.1 Å². The van der Waals surface area contributed by atoms with Crippen molar-refractivity contribution in [3.05, 3.63) is 30.1 Å². The minimum atomic E-state index is -1.03. The van der Waals surface area contributed by atoms with Crippen molar-refractivity contribution in [3.63, 3.8) is 0 Å². The summed E-state index contributed by atoms with van der Waals surface area (Å²) in [6.45, 7) is 0.928. The van der Waals surface area contributed by atoms with Gasteiger partial charge in [-0.25, -0.2) is 4.79 Å². The SMILES string of the molecule is O=C1[C@H](C2CCCCC2)N2C(=O)CCN(C(=O)O)[C@H]2CN1CCc1cccnc1. The lowest BCUT2D eigenvalue weighted by Gasteiger charge is -2.53. The molecule has 0 aromatic carbocycles. The van der Waals surface area contributed by atoms with Gasteiger partial charge >= 0.3 is 6.09 Å². The highest BCUT2D eigenvalue weighted by Crippen LogP contribution is 2.35. The summed E-state index contributed by atoms with van der Waals surface area (Å²) in [7, 11) is 0. The minimum Gasteiger partial charge on any atom is -0.465 e. The molecule has 1 aromatic heterocycles. The van der Waals surface area contributed by atoms with Crippen molar-refractivity contribution in [2.45, 2.75) is 57.2 Å². The van der Waals surface area contributed by atoms with Gasteiger partial charge in [0.25, 0.3) is 0 Å². The van der Waals surface area contributed by atoms with Gasteiger partial charge in [-0.3, -0.25) is 19.5 Å². The van der Waals surface area contributed by atoms with E-state index in [2.05, 4.69) is 4.98 Å². The molecule has 3 fully saturated rings. The van der Waals surface area contributed by atoms with Gasteiger partial charge in [-0.1, -0.05) is 25.3 Å². The van der Waals surface area contributed by atoms with E-state index in [1.54, 1.807) is 22.2 Å². The Labute approximate surface area is 170 Å². The van der Waals surface area contributed by atoms with E-state index in [0.717, 1.165) is 37.7 Å².